The van der Waals surface area contributed by atoms with Gasteiger partial charge in [-0.2, -0.15) is 0 Å². The molecule has 2 aromatic carbocycles. The summed E-state index contributed by atoms with van der Waals surface area (Å²) in [6.45, 7) is 0.326. The van der Waals surface area contributed by atoms with E-state index in [1.807, 2.05) is 24.3 Å². The highest BCUT2D eigenvalue weighted by molar-refractivity contribution is 6.31. The minimum Gasteiger partial charge on any atom is -0.472 e. The van der Waals surface area contributed by atoms with Crippen molar-refractivity contribution in [2.24, 2.45) is 5.73 Å². The summed E-state index contributed by atoms with van der Waals surface area (Å²) in [7, 11) is 0. The third kappa shape index (κ3) is 4.35. The molecule has 29 heavy (non-hydrogen) atoms. The van der Waals surface area contributed by atoms with Crippen molar-refractivity contribution in [3.8, 4) is 5.75 Å². The van der Waals surface area contributed by atoms with Gasteiger partial charge in [-0.15, -0.1) is 0 Å². The Hall–Kier alpha value is -1.87. The molecule has 2 heterocycles. The minimum atomic E-state index is -1.07. The topological polar surface area (TPSA) is 117 Å². The summed E-state index contributed by atoms with van der Waals surface area (Å²) >= 11 is 6.42. The smallest absolute Gasteiger partial charge is 0.165 e. The van der Waals surface area contributed by atoms with E-state index < -0.39 is 24.4 Å². The molecule has 0 amide bonds. The normalized spacial score (nSPS) is 28.9. The van der Waals surface area contributed by atoms with Gasteiger partial charge >= 0.3 is 0 Å². The second-order valence-corrected chi connectivity index (χ2v) is 7.96. The van der Waals surface area contributed by atoms with Crippen molar-refractivity contribution in [2.75, 3.05) is 18.5 Å². The van der Waals surface area contributed by atoms with E-state index in [1.165, 1.54) is 0 Å². The van der Waals surface area contributed by atoms with E-state index in [4.69, 9.17) is 26.8 Å². The lowest BCUT2D eigenvalue weighted by atomic mass is 9.91. The minimum absolute atomic E-state index is 0.197. The average molecular weight is 421 g/mol. The van der Waals surface area contributed by atoms with Crippen molar-refractivity contribution in [1.29, 1.82) is 0 Å². The van der Waals surface area contributed by atoms with E-state index in [1.54, 1.807) is 12.1 Å². The molecule has 2 aromatic rings. The molecule has 0 aromatic heterocycles. The predicted molar refractivity (Wildman–Crippen MR) is 109 cm³/mol. The van der Waals surface area contributed by atoms with Crippen LogP contribution in [0.5, 0.6) is 5.75 Å². The Bertz CT molecular complexity index is 880. The molecular formula is C21H25ClN2O5. The van der Waals surface area contributed by atoms with Gasteiger partial charge in [0.2, 0.25) is 0 Å². The molecule has 7 nitrogen and oxygen atoms in total. The molecule has 0 aliphatic carbocycles. The number of fused-ring (bicyclic) bond motifs is 1. The van der Waals surface area contributed by atoms with Gasteiger partial charge in [0.25, 0.3) is 0 Å². The third-order valence-electron chi connectivity index (χ3n) is 5.36. The van der Waals surface area contributed by atoms with Crippen LogP contribution in [0.2, 0.25) is 5.02 Å². The molecular weight excluding hydrogens is 396 g/mol. The SMILES string of the molecule is NC1CNc2cc(Cc3cc([C@@H]4O[C@H](CO)C[C@H](O)[C@H]4O)ccc3Cl)ccc2O1. The lowest BCUT2D eigenvalue weighted by molar-refractivity contribution is -0.179. The molecule has 156 valence electrons. The van der Waals surface area contributed by atoms with Crippen LogP contribution in [0.15, 0.2) is 36.4 Å². The Kier molecular flexibility index (Phi) is 5.96. The number of rotatable bonds is 4. The van der Waals surface area contributed by atoms with Crippen molar-refractivity contribution in [1.82, 2.24) is 0 Å². The maximum absolute atomic E-state index is 10.4. The first-order valence-corrected chi connectivity index (χ1v) is 10.0. The first-order valence-electron chi connectivity index (χ1n) is 9.64. The summed E-state index contributed by atoms with van der Waals surface area (Å²) in [5.74, 6) is 0.718. The quantitative estimate of drug-likeness (QED) is 0.509. The molecule has 2 aliphatic rings. The Morgan fingerprint density at radius 2 is 2.00 bits per heavy atom. The van der Waals surface area contributed by atoms with Gasteiger partial charge in [0.05, 0.1) is 31.0 Å². The molecule has 8 heteroatoms. The van der Waals surface area contributed by atoms with Crippen LogP contribution in [-0.4, -0.2) is 53.0 Å². The number of benzene rings is 2. The summed E-state index contributed by atoms with van der Waals surface area (Å²) in [4.78, 5) is 0. The van der Waals surface area contributed by atoms with Crippen LogP contribution in [0, 0.1) is 0 Å². The summed E-state index contributed by atoms with van der Waals surface area (Å²) in [6, 6.07) is 11.2. The number of nitrogens with one attached hydrogen (secondary N) is 1. The van der Waals surface area contributed by atoms with Crippen LogP contribution in [0.3, 0.4) is 0 Å². The first-order chi connectivity index (χ1) is 13.9. The highest BCUT2D eigenvalue weighted by atomic mass is 35.5. The van der Waals surface area contributed by atoms with Crippen LogP contribution in [-0.2, 0) is 11.2 Å². The molecule has 0 spiro atoms. The Morgan fingerprint density at radius 3 is 2.79 bits per heavy atom. The molecule has 0 radical (unpaired) electrons. The van der Waals surface area contributed by atoms with E-state index in [0.29, 0.717) is 23.6 Å². The van der Waals surface area contributed by atoms with Gasteiger partial charge in [-0.05, 0) is 41.3 Å². The van der Waals surface area contributed by atoms with E-state index >= 15 is 0 Å². The molecule has 0 saturated carbocycles. The average Bonchev–Trinajstić information content (AvgIpc) is 2.71. The fraction of sp³-hybridized carbons (Fsp3) is 0.429. The number of nitrogens with two attached hydrogens (primary N) is 1. The number of halogens is 1. The molecule has 4 rings (SSSR count). The van der Waals surface area contributed by atoms with E-state index in [-0.39, 0.29) is 19.3 Å². The van der Waals surface area contributed by atoms with Crippen LogP contribution in [0.1, 0.15) is 29.2 Å². The van der Waals surface area contributed by atoms with Crippen LogP contribution >= 0.6 is 11.6 Å². The molecule has 6 N–H and O–H groups in total. The lowest BCUT2D eigenvalue weighted by Crippen LogP contribution is -2.44. The molecule has 1 fully saturated rings. The van der Waals surface area contributed by atoms with Gasteiger partial charge in [-0.25, -0.2) is 0 Å². The molecule has 0 bridgehead atoms. The van der Waals surface area contributed by atoms with Crippen molar-refractivity contribution < 1.29 is 24.8 Å². The van der Waals surface area contributed by atoms with Gasteiger partial charge < -0.3 is 30.1 Å². The van der Waals surface area contributed by atoms with E-state index in [2.05, 4.69) is 5.32 Å². The zero-order valence-electron chi connectivity index (χ0n) is 15.8. The number of ether oxygens (including phenoxy) is 2. The van der Waals surface area contributed by atoms with Crippen LogP contribution in [0.25, 0.3) is 0 Å². The molecule has 1 unspecified atom stereocenters. The lowest BCUT2D eigenvalue weighted by Gasteiger charge is -2.37. The number of aliphatic hydroxyl groups excluding tert-OH is 3. The van der Waals surface area contributed by atoms with Gasteiger partial charge in [0, 0.05) is 11.4 Å². The second kappa shape index (κ2) is 8.47. The van der Waals surface area contributed by atoms with Gasteiger partial charge in [0.15, 0.2) is 6.23 Å². The summed E-state index contributed by atoms with van der Waals surface area (Å²) < 4.78 is 11.4. The zero-order valence-corrected chi connectivity index (χ0v) is 16.5. The van der Waals surface area contributed by atoms with Crippen molar-refractivity contribution in [2.45, 2.75) is 43.5 Å². The highest BCUT2D eigenvalue weighted by Crippen LogP contribution is 2.35. The van der Waals surface area contributed by atoms with Gasteiger partial charge in [-0.3, -0.25) is 5.73 Å². The monoisotopic (exact) mass is 420 g/mol. The summed E-state index contributed by atoms with van der Waals surface area (Å²) in [6.07, 6.45) is -2.86. The van der Waals surface area contributed by atoms with E-state index in [9.17, 15) is 15.3 Å². The maximum atomic E-state index is 10.4. The van der Waals surface area contributed by atoms with Crippen molar-refractivity contribution >= 4 is 17.3 Å². The number of aliphatic hydroxyl groups is 3. The highest BCUT2D eigenvalue weighted by Gasteiger charge is 2.37. The summed E-state index contributed by atoms with van der Waals surface area (Å²) in [5.41, 5.74) is 9.29. The van der Waals surface area contributed by atoms with Crippen LogP contribution < -0.4 is 15.8 Å². The van der Waals surface area contributed by atoms with Gasteiger partial charge in [-0.1, -0.05) is 29.8 Å². The zero-order chi connectivity index (χ0) is 20.5. The Labute approximate surface area is 174 Å². The molecule has 1 saturated heterocycles. The second-order valence-electron chi connectivity index (χ2n) is 7.55. The number of anilines is 1. The molecule has 5 atom stereocenters. The van der Waals surface area contributed by atoms with Crippen LogP contribution in [0.4, 0.5) is 5.69 Å². The third-order valence-corrected chi connectivity index (χ3v) is 5.73. The van der Waals surface area contributed by atoms with Crippen molar-refractivity contribution in [3.63, 3.8) is 0 Å². The number of hydrogen-bond donors (Lipinski definition) is 5. The molecule has 2 aliphatic heterocycles. The summed E-state index contributed by atoms with van der Waals surface area (Å²) in [5, 5.41) is 33.7. The fourth-order valence-corrected chi connectivity index (χ4v) is 4.00. The standard InChI is InChI=1S/C21H25ClN2O5/c22-15-3-2-12(21-20(27)17(26)8-14(10-25)28-21)7-13(15)5-11-1-4-18-16(6-11)24-9-19(23)29-18/h1-4,6-7,14,17,19-21,24-27H,5,8-10,23H2/t14-,17-,19?,20+,21-/m0/s1. The van der Waals surface area contributed by atoms with Crippen molar-refractivity contribution in [3.05, 3.63) is 58.1 Å². The largest absolute Gasteiger partial charge is 0.472 e. The maximum Gasteiger partial charge on any atom is 0.165 e. The predicted octanol–water partition coefficient (Wildman–Crippen LogP) is 1.56. The fourth-order valence-electron chi connectivity index (χ4n) is 3.82. The van der Waals surface area contributed by atoms with E-state index in [0.717, 1.165) is 22.6 Å². The first kappa shape index (κ1) is 20.4. The Balaban J connectivity index is 1.57. The number of hydrogen-bond acceptors (Lipinski definition) is 7. The Morgan fingerprint density at radius 1 is 1.17 bits per heavy atom. The van der Waals surface area contributed by atoms with Gasteiger partial charge in [0.1, 0.15) is 18.0 Å².